The maximum Gasteiger partial charge on any atom is 0.407 e. The third kappa shape index (κ3) is 6.08. The van der Waals surface area contributed by atoms with Gasteiger partial charge in [-0.1, -0.05) is 11.6 Å². The van der Waals surface area contributed by atoms with E-state index in [1.807, 2.05) is 0 Å². The van der Waals surface area contributed by atoms with Crippen molar-refractivity contribution in [3.05, 3.63) is 28.3 Å². The number of benzene rings is 1. The van der Waals surface area contributed by atoms with Crippen molar-refractivity contribution >= 4 is 29.4 Å². The molecule has 1 amide bonds. The van der Waals surface area contributed by atoms with E-state index in [0.29, 0.717) is 0 Å². The Hall–Kier alpha value is -2.03. The third-order valence-corrected chi connectivity index (χ3v) is 3.44. The number of esters is 1. The predicted molar refractivity (Wildman–Crippen MR) is 92.4 cm³/mol. The van der Waals surface area contributed by atoms with Crippen LogP contribution in [0.1, 0.15) is 42.8 Å². The Morgan fingerprint density at radius 3 is 2.44 bits per heavy atom. The molecule has 1 rings (SSSR count). The van der Waals surface area contributed by atoms with Crippen molar-refractivity contribution in [3.63, 3.8) is 0 Å². The first kappa shape index (κ1) is 21.0. The van der Waals surface area contributed by atoms with Gasteiger partial charge in [-0.25, -0.2) is 9.59 Å². The molecular weight excluding hydrogens is 352 g/mol. The van der Waals surface area contributed by atoms with Gasteiger partial charge in [0.2, 0.25) is 0 Å². The fraction of sp³-hybridized carbons (Fsp3) is 0.500. The van der Waals surface area contributed by atoms with E-state index >= 15 is 0 Å². The zero-order valence-electron chi connectivity index (χ0n) is 14.5. The molecule has 0 aliphatic heterocycles. The van der Waals surface area contributed by atoms with Gasteiger partial charge in [0.25, 0.3) is 0 Å². The summed E-state index contributed by atoms with van der Waals surface area (Å²) >= 11 is 6.02. The number of anilines is 1. The second-order valence-electron chi connectivity index (χ2n) is 6.35. The molecule has 0 spiro atoms. The average Bonchev–Trinajstić information content (AvgIpc) is 2.49. The average molecular weight is 375 g/mol. The Labute approximate surface area is 150 Å². The van der Waals surface area contributed by atoms with E-state index in [0.717, 1.165) is 0 Å². The molecule has 0 saturated heterocycles. The highest BCUT2D eigenvalue weighted by Crippen LogP contribution is 2.30. The van der Waals surface area contributed by atoms with Crippen molar-refractivity contribution in [3.8, 4) is 0 Å². The quantitative estimate of drug-likeness (QED) is 0.455. The maximum atomic E-state index is 11.7. The van der Waals surface area contributed by atoms with Gasteiger partial charge in [-0.15, -0.1) is 0 Å². The molecule has 1 aromatic carbocycles. The predicted octanol–water partition coefficient (Wildman–Crippen LogP) is 1.63. The minimum absolute atomic E-state index is 0.00764. The number of aliphatic hydroxyl groups excluding tert-OH is 2. The Morgan fingerprint density at radius 1 is 1.32 bits per heavy atom. The van der Waals surface area contributed by atoms with Crippen LogP contribution >= 0.6 is 11.6 Å². The molecule has 140 valence electrons. The van der Waals surface area contributed by atoms with E-state index in [1.54, 1.807) is 20.8 Å². The molecular formula is C16H23ClN2O6. The number of halogens is 1. The number of hydrogen-bond acceptors (Lipinski definition) is 7. The Morgan fingerprint density at radius 2 is 1.92 bits per heavy atom. The summed E-state index contributed by atoms with van der Waals surface area (Å²) in [7, 11) is 1.19. The van der Waals surface area contributed by atoms with Crippen LogP contribution in [0.25, 0.3) is 0 Å². The normalized spacial score (nSPS) is 13.7. The number of alkyl carbamates (subject to hydrolysis) is 1. The minimum atomic E-state index is -1.47. The summed E-state index contributed by atoms with van der Waals surface area (Å²) in [5.74, 6) is -0.705. The van der Waals surface area contributed by atoms with E-state index in [-0.39, 0.29) is 28.4 Å². The number of nitrogens with one attached hydrogen (secondary N) is 1. The Bertz CT molecular complexity index is 644. The van der Waals surface area contributed by atoms with E-state index < -0.39 is 29.9 Å². The fourth-order valence-corrected chi connectivity index (χ4v) is 2.22. The van der Waals surface area contributed by atoms with Crippen molar-refractivity contribution in [1.29, 1.82) is 0 Å². The van der Waals surface area contributed by atoms with Gasteiger partial charge in [-0.3, -0.25) is 0 Å². The lowest BCUT2D eigenvalue weighted by atomic mass is 10.0. The van der Waals surface area contributed by atoms with E-state index in [9.17, 15) is 19.8 Å². The van der Waals surface area contributed by atoms with E-state index in [4.69, 9.17) is 22.1 Å². The van der Waals surface area contributed by atoms with Gasteiger partial charge in [0.15, 0.2) is 0 Å². The second-order valence-corrected chi connectivity index (χ2v) is 6.75. The van der Waals surface area contributed by atoms with Crippen LogP contribution in [0.2, 0.25) is 5.02 Å². The lowest BCUT2D eigenvalue weighted by molar-refractivity contribution is 0.0129. The lowest BCUT2D eigenvalue weighted by Crippen LogP contribution is -2.39. The van der Waals surface area contributed by atoms with Crippen molar-refractivity contribution in [2.75, 3.05) is 19.4 Å². The number of carbonyl (C=O) groups excluding carboxylic acids is 2. The first-order chi connectivity index (χ1) is 11.5. The summed E-state index contributed by atoms with van der Waals surface area (Å²) in [6, 6.07) is 2.52. The molecule has 0 radical (unpaired) electrons. The molecule has 0 aliphatic carbocycles. The molecule has 0 saturated carbocycles. The highest BCUT2D eigenvalue weighted by atomic mass is 35.5. The van der Waals surface area contributed by atoms with Crippen molar-refractivity contribution < 1.29 is 29.3 Å². The molecule has 25 heavy (non-hydrogen) atoms. The molecule has 5 N–H and O–H groups in total. The maximum absolute atomic E-state index is 11.7. The van der Waals surface area contributed by atoms with Gasteiger partial charge in [0.05, 0.1) is 12.7 Å². The molecule has 1 aromatic rings. The smallest absolute Gasteiger partial charge is 0.407 e. The van der Waals surface area contributed by atoms with E-state index in [2.05, 4.69) is 10.1 Å². The van der Waals surface area contributed by atoms with Gasteiger partial charge >= 0.3 is 12.1 Å². The van der Waals surface area contributed by atoms with Crippen LogP contribution in [0, 0.1) is 0 Å². The molecule has 2 atom stereocenters. The fourth-order valence-electron chi connectivity index (χ4n) is 1.94. The Kier molecular flexibility index (Phi) is 7.04. The van der Waals surface area contributed by atoms with Crippen LogP contribution in [0.5, 0.6) is 0 Å². The highest BCUT2D eigenvalue weighted by Gasteiger charge is 2.25. The number of nitrogens with two attached hydrogens (primary N) is 1. The monoisotopic (exact) mass is 374 g/mol. The number of carbonyl (C=O) groups is 2. The molecule has 0 aromatic heterocycles. The van der Waals surface area contributed by atoms with Crippen molar-refractivity contribution in [1.82, 2.24) is 5.32 Å². The number of nitrogen functional groups attached to an aromatic ring is 1. The van der Waals surface area contributed by atoms with Gasteiger partial charge in [0.1, 0.15) is 17.8 Å². The standard InChI is InChI=1S/C16H23ClN2O6/c1-16(2,3)25-15(23)19-7-12(20)13(21)8-5-9(14(22)24-4)11(18)6-10(8)17/h5-6,12-13,20-21H,7,18H2,1-4H3,(H,19,23). The molecule has 9 heteroatoms. The molecule has 8 nitrogen and oxygen atoms in total. The van der Waals surface area contributed by atoms with Gasteiger partial charge < -0.3 is 30.7 Å². The van der Waals surface area contributed by atoms with Gasteiger partial charge in [-0.2, -0.15) is 0 Å². The zero-order valence-corrected chi connectivity index (χ0v) is 15.3. The van der Waals surface area contributed by atoms with E-state index in [1.165, 1.54) is 19.2 Å². The summed E-state index contributed by atoms with van der Waals surface area (Å²) in [4.78, 5) is 23.3. The number of methoxy groups -OCH3 is 1. The molecule has 0 heterocycles. The number of hydrogen-bond donors (Lipinski definition) is 4. The van der Waals surface area contributed by atoms with Crippen LogP contribution in [0.4, 0.5) is 10.5 Å². The highest BCUT2D eigenvalue weighted by molar-refractivity contribution is 6.32. The number of ether oxygens (including phenoxy) is 2. The summed E-state index contributed by atoms with van der Waals surface area (Å²) < 4.78 is 9.63. The lowest BCUT2D eigenvalue weighted by Gasteiger charge is -2.23. The topological polar surface area (TPSA) is 131 Å². The van der Waals surface area contributed by atoms with Crippen LogP contribution in [0.3, 0.4) is 0 Å². The van der Waals surface area contributed by atoms with Gasteiger partial charge in [-0.05, 0) is 32.9 Å². The molecule has 2 unspecified atom stereocenters. The summed E-state index contributed by atoms with van der Waals surface area (Å²) in [6.07, 6.45) is -3.59. The van der Waals surface area contributed by atoms with Crippen LogP contribution < -0.4 is 11.1 Å². The number of amides is 1. The first-order valence-corrected chi connectivity index (χ1v) is 7.84. The van der Waals surface area contributed by atoms with Crippen molar-refractivity contribution in [2.24, 2.45) is 0 Å². The number of rotatable bonds is 5. The van der Waals surface area contributed by atoms with Crippen LogP contribution in [-0.2, 0) is 9.47 Å². The zero-order chi connectivity index (χ0) is 19.4. The molecule has 0 bridgehead atoms. The van der Waals surface area contributed by atoms with Crippen LogP contribution in [-0.4, -0.2) is 47.6 Å². The SMILES string of the molecule is COC(=O)c1cc(C(O)C(O)CNC(=O)OC(C)(C)C)c(Cl)cc1N. The molecule has 0 aliphatic rings. The van der Waals surface area contributed by atoms with Crippen molar-refractivity contribution in [2.45, 2.75) is 38.6 Å². The number of aliphatic hydroxyl groups is 2. The first-order valence-electron chi connectivity index (χ1n) is 7.46. The molecule has 0 fully saturated rings. The van der Waals surface area contributed by atoms with Crippen LogP contribution in [0.15, 0.2) is 12.1 Å². The second kappa shape index (κ2) is 8.37. The summed E-state index contributed by atoms with van der Waals surface area (Å²) in [5, 5.41) is 22.7. The summed E-state index contributed by atoms with van der Waals surface area (Å²) in [6.45, 7) is 4.80. The third-order valence-electron chi connectivity index (χ3n) is 3.11. The minimum Gasteiger partial charge on any atom is -0.465 e. The Balaban J connectivity index is 2.86. The van der Waals surface area contributed by atoms with Gasteiger partial charge in [0, 0.05) is 22.8 Å². The largest absolute Gasteiger partial charge is 0.465 e. The summed E-state index contributed by atoms with van der Waals surface area (Å²) in [5.41, 5.74) is 5.17.